The van der Waals surface area contributed by atoms with Crippen molar-refractivity contribution in [1.82, 2.24) is 0 Å². The van der Waals surface area contributed by atoms with E-state index in [2.05, 4.69) is 17.0 Å². The molecule has 0 fully saturated rings. The Hall–Kier alpha value is -0.970. The van der Waals surface area contributed by atoms with E-state index in [-0.39, 0.29) is 0 Å². The Bertz CT molecular complexity index is 150. The molecule has 0 N–H and O–H groups in total. The highest BCUT2D eigenvalue weighted by Gasteiger charge is 1.79. The summed E-state index contributed by atoms with van der Waals surface area (Å²) in [6.07, 6.45) is 0. The third-order valence-corrected chi connectivity index (χ3v) is 0.636. The van der Waals surface area contributed by atoms with Gasteiger partial charge in [-0.1, -0.05) is 11.1 Å². The topological polar surface area (TPSA) is 21.6 Å². The lowest BCUT2D eigenvalue weighted by atomic mass is 10.4. The molecule has 0 aliphatic carbocycles. The summed E-state index contributed by atoms with van der Waals surface area (Å²) in [5, 5.41) is 3.68. The zero-order valence-corrected chi connectivity index (χ0v) is 6.06. The van der Waals surface area contributed by atoms with Gasteiger partial charge in [0.2, 0.25) is 0 Å². The SMILES string of the molecule is CC#C/C(C)=N/OCC. The lowest BCUT2D eigenvalue weighted by Crippen LogP contribution is -1.88. The van der Waals surface area contributed by atoms with Gasteiger partial charge in [-0.05, 0) is 26.7 Å². The van der Waals surface area contributed by atoms with Gasteiger partial charge in [0.25, 0.3) is 0 Å². The zero-order valence-electron chi connectivity index (χ0n) is 6.06. The maximum absolute atomic E-state index is 4.73. The van der Waals surface area contributed by atoms with Crippen molar-refractivity contribution in [1.29, 1.82) is 0 Å². The molecule has 50 valence electrons. The highest BCUT2D eigenvalue weighted by Crippen LogP contribution is 1.77. The van der Waals surface area contributed by atoms with Gasteiger partial charge in [-0.25, -0.2) is 0 Å². The van der Waals surface area contributed by atoms with Crippen LogP contribution in [0.4, 0.5) is 0 Å². The van der Waals surface area contributed by atoms with Crippen molar-refractivity contribution in [2.45, 2.75) is 20.8 Å². The van der Waals surface area contributed by atoms with Crippen LogP contribution in [0.1, 0.15) is 20.8 Å². The molecule has 0 aliphatic heterocycles. The molecule has 0 aliphatic rings. The molecule has 0 saturated carbocycles. The molecule has 0 heterocycles. The molecule has 0 spiro atoms. The molecule has 0 saturated heterocycles. The average Bonchev–Trinajstić information content (AvgIpc) is 1.85. The second-order valence-corrected chi connectivity index (χ2v) is 1.47. The minimum Gasteiger partial charge on any atom is -0.395 e. The van der Waals surface area contributed by atoms with Gasteiger partial charge in [0.15, 0.2) is 0 Å². The third-order valence-electron chi connectivity index (χ3n) is 0.636. The van der Waals surface area contributed by atoms with Gasteiger partial charge in [-0.15, -0.1) is 0 Å². The van der Waals surface area contributed by atoms with Crippen molar-refractivity contribution in [2.75, 3.05) is 6.61 Å². The van der Waals surface area contributed by atoms with E-state index in [1.54, 1.807) is 6.92 Å². The van der Waals surface area contributed by atoms with Crippen LogP contribution in [0, 0.1) is 11.8 Å². The van der Waals surface area contributed by atoms with E-state index >= 15 is 0 Å². The van der Waals surface area contributed by atoms with Crippen molar-refractivity contribution >= 4 is 5.71 Å². The molecule has 0 rings (SSSR count). The van der Waals surface area contributed by atoms with Crippen molar-refractivity contribution in [3.63, 3.8) is 0 Å². The Labute approximate surface area is 55.9 Å². The molecule has 0 aromatic rings. The van der Waals surface area contributed by atoms with Crippen molar-refractivity contribution in [3.8, 4) is 11.8 Å². The predicted octanol–water partition coefficient (Wildman–Crippen LogP) is 1.42. The van der Waals surface area contributed by atoms with E-state index in [0.717, 1.165) is 5.71 Å². The van der Waals surface area contributed by atoms with E-state index in [1.807, 2.05) is 13.8 Å². The third kappa shape index (κ3) is 4.89. The van der Waals surface area contributed by atoms with Crippen LogP contribution in [0.25, 0.3) is 0 Å². The Balaban J connectivity index is 3.65. The Morgan fingerprint density at radius 1 is 1.67 bits per heavy atom. The minimum absolute atomic E-state index is 0.600. The molecule has 9 heavy (non-hydrogen) atoms. The summed E-state index contributed by atoms with van der Waals surface area (Å²) >= 11 is 0. The average molecular weight is 125 g/mol. The van der Waals surface area contributed by atoms with Gasteiger partial charge in [0, 0.05) is 0 Å². The van der Waals surface area contributed by atoms with Crippen LogP contribution in [-0.4, -0.2) is 12.3 Å². The summed E-state index contributed by atoms with van der Waals surface area (Å²) in [6.45, 7) is 6.07. The quantitative estimate of drug-likeness (QED) is 0.311. The molecular weight excluding hydrogens is 114 g/mol. The minimum atomic E-state index is 0.600. The number of oxime groups is 1. The number of hydrogen-bond acceptors (Lipinski definition) is 2. The van der Waals surface area contributed by atoms with E-state index in [9.17, 15) is 0 Å². The van der Waals surface area contributed by atoms with Gasteiger partial charge < -0.3 is 4.84 Å². The molecule has 2 heteroatoms. The van der Waals surface area contributed by atoms with Crippen LogP contribution in [-0.2, 0) is 4.84 Å². The molecule has 0 radical (unpaired) electrons. The summed E-state index contributed by atoms with van der Waals surface area (Å²) in [6, 6.07) is 0. The molecule has 0 aromatic carbocycles. The summed E-state index contributed by atoms with van der Waals surface area (Å²) < 4.78 is 0. The van der Waals surface area contributed by atoms with Crippen LogP contribution < -0.4 is 0 Å². The molecule has 0 bridgehead atoms. The molecule has 0 unspecified atom stereocenters. The van der Waals surface area contributed by atoms with Crippen LogP contribution in [0.5, 0.6) is 0 Å². The first-order chi connectivity index (χ1) is 4.31. The summed E-state index contributed by atoms with van der Waals surface area (Å²) in [7, 11) is 0. The van der Waals surface area contributed by atoms with Crippen molar-refractivity contribution < 1.29 is 4.84 Å². The van der Waals surface area contributed by atoms with Gasteiger partial charge >= 0.3 is 0 Å². The standard InChI is InChI=1S/C7H11NO/c1-4-6-7(3)8-9-5-2/h5H2,1-3H3/b8-7+. The number of hydrogen-bond donors (Lipinski definition) is 0. The van der Waals surface area contributed by atoms with Crippen LogP contribution >= 0.6 is 0 Å². The van der Waals surface area contributed by atoms with Crippen LogP contribution in [0.2, 0.25) is 0 Å². The zero-order chi connectivity index (χ0) is 7.11. The molecule has 0 atom stereocenters. The monoisotopic (exact) mass is 125 g/mol. The van der Waals surface area contributed by atoms with Gasteiger partial charge in [0.1, 0.15) is 12.3 Å². The first-order valence-electron chi connectivity index (χ1n) is 2.90. The Morgan fingerprint density at radius 3 is 2.78 bits per heavy atom. The largest absolute Gasteiger partial charge is 0.395 e. The van der Waals surface area contributed by atoms with E-state index in [0.29, 0.717) is 6.61 Å². The molecule has 0 amide bonds. The predicted molar refractivity (Wildman–Crippen MR) is 38.2 cm³/mol. The smallest absolute Gasteiger partial charge is 0.126 e. The molecular formula is C7H11NO. The number of rotatable bonds is 2. The van der Waals surface area contributed by atoms with Crippen molar-refractivity contribution in [3.05, 3.63) is 0 Å². The first kappa shape index (κ1) is 8.03. The number of nitrogens with zero attached hydrogens (tertiary/aromatic N) is 1. The summed E-state index contributed by atoms with van der Waals surface area (Å²) in [5.41, 5.74) is 0.722. The fourth-order valence-corrected chi connectivity index (χ4v) is 0.365. The van der Waals surface area contributed by atoms with Crippen LogP contribution in [0.3, 0.4) is 0 Å². The first-order valence-corrected chi connectivity index (χ1v) is 2.90. The second kappa shape index (κ2) is 5.17. The summed E-state index contributed by atoms with van der Waals surface area (Å²) in [4.78, 5) is 4.73. The fourth-order valence-electron chi connectivity index (χ4n) is 0.365. The van der Waals surface area contributed by atoms with Gasteiger partial charge in [-0.2, -0.15) is 0 Å². The maximum Gasteiger partial charge on any atom is 0.126 e. The van der Waals surface area contributed by atoms with Gasteiger partial charge in [0.05, 0.1) is 0 Å². The maximum atomic E-state index is 4.73. The van der Waals surface area contributed by atoms with Gasteiger partial charge in [-0.3, -0.25) is 0 Å². The highest BCUT2D eigenvalue weighted by atomic mass is 16.6. The normalized spacial score (nSPS) is 9.89. The van der Waals surface area contributed by atoms with Crippen molar-refractivity contribution in [2.24, 2.45) is 5.16 Å². The van der Waals surface area contributed by atoms with E-state index in [1.165, 1.54) is 0 Å². The second-order valence-electron chi connectivity index (χ2n) is 1.47. The fraction of sp³-hybridized carbons (Fsp3) is 0.571. The van der Waals surface area contributed by atoms with Crippen LogP contribution in [0.15, 0.2) is 5.16 Å². The lowest BCUT2D eigenvalue weighted by molar-refractivity contribution is 0.159. The Kier molecular flexibility index (Phi) is 4.61. The lowest BCUT2D eigenvalue weighted by Gasteiger charge is -1.89. The van der Waals surface area contributed by atoms with E-state index < -0.39 is 0 Å². The molecule has 2 nitrogen and oxygen atoms in total. The Morgan fingerprint density at radius 2 is 2.33 bits per heavy atom. The van der Waals surface area contributed by atoms with E-state index in [4.69, 9.17) is 4.84 Å². The highest BCUT2D eigenvalue weighted by molar-refractivity contribution is 5.97. The molecule has 0 aromatic heterocycles. The summed E-state index contributed by atoms with van der Waals surface area (Å²) in [5.74, 6) is 5.47.